The molecule has 3 aromatic rings. The topological polar surface area (TPSA) is 144 Å². The molecule has 0 aliphatic rings. The summed E-state index contributed by atoms with van der Waals surface area (Å²) in [4.78, 5) is 8.47. The van der Waals surface area contributed by atoms with Crippen LogP contribution in [0.2, 0.25) is 0 Å². The molecule has 1 aromatic carbocycles. The van der Waals surface area contributed by atoms with E-state index >= 15 is 0 Å². The number of anilines is 1. The minimum atomic E-state index is 0.0678. The van der Waals surface area contributed by atoms with E-state index in [1.807, 2.05) is 12.1 Å². The van der Waals surface area contributed by atoms with Crippen molar-refractivity contribution in [3.05, 3.63) is 41.3 Å². The molecule has 28 heavy (non-hydrogen) atoms. The number of nitriles is 2. The standard InChI is InChI=1S/C18H14N6O3S/c1-25-12-3-4-13(14(6-12)26-2)17-22-15(27-24-17)9-28-18-11(8-20)5-10(7-19)16(21)23-18/h3-6H,9H2,1-2H3,(H2,21,23). The first-order valence-electron chi connectivity index (χ1n) is 7.88. The van der Waals surface area contributed by atoms with Gasteiger partial charge in [-0.05, 0) is 18.2 Å². The van der Waals surface area contributed by atoms with Crippen LogP contribution in [-0.4, -0.2) is 29.3 Å². The highest BCUT2D eigenvalue weighted by molar-refractivity contribution is 7.98. The smallest absolute Gasteiger partial charge is 0.237 e. The molecule has 0 amide bonds. The molecule has 2 N–H and O–H groups in total. The van der Waals surface area contributed by atoms with Gasteiger partial charge in [0.05, 0.1) is 36.7 Å². The quantitative estimate of drug-likeness (QED) is 0.619. The number of nitrogens with two attached hydrogens (primary N) is 1. The first kappa shape index (κ1) is 19.0. The molecule has 0 bridgehead atoms. The van der Waals surface area contributed by atoms with Gasteiger partial charge in [0.2, 0.25) is 11.7 Å². The van der Waals surface area contributed by atoms with Crippen molar-refractivity contribution in [3.8, 4) is 35.0 Å². The van der Waals surface area contributed by atoms with E-state index in [9.17, 15) is 5.26 Å². The first-order valence-corrected chi connectivity index (χ1v) is 8.86. The molecule has 3 rings (SSSR count). The Kier molecular flexibility index (Phi) is 5.63. The Hall–Kier alpha value is -3.76. The van der Waals surface area contributed by atoms with Crippen LogP contribution in [0.25, 0.3) is 11.4 Å². The Morgan fingerprint density at radius 1 is 1.11 bits per heavy atom. The van der Waals surface area contributed by atoms with Crippen molar-refractivity contribution in [2.45, 2.75) is 10.8 Å². The largest absolute Gasteiger partial charge is 0.497 e. The minimum absolute atomic E-state index is 0.0678. The van der Waals surface area contributed by atoms with Crippen molar-refractivity contribution in [2.75, 3.05) is 20.0 Å². The number of hydrogen-bond acceptors (Lipinski definition) is 10. The average Bonchev–Trinajstić information content (AvgIpc) is 3.20. The van der Waals surface area contributed by atoms with E-state index in [1.165, 1.54) is 17.8 Å². The highest BCUT2D eigenvalue weighted by Crippen LogP contribution is 2.32. The number of nitrogen functional groups attached to an aromatic ring is 1. The van der Waals surface area contributed by atoms with Crippen LogP contribution >= 0.6 is 11.8 Å². The molecule has 0 saturated carbocycles. The fraction of sp³-hybridized carbons (Fsp3) is 0.167. The van der Waals surface area contributed by atoms with Gasteiger partial charge < -0.3 is 19.7 Å². The maximum absolute atomic E-state index is 9.25. The summed E-state index contributed by atoms with van der Waals surface area (Å²) >= 11 is 1.21. The Labute approximate surface area is 164 Å². The molecule has 0 radical (unpaired) electrons. The molecule has 0 aliphatic carbocycles. The van der Waals surface area contributed by atoms with E-state index in [2.05, 4.69) is 15.1 Å². The SMILES string of the molecule is COc1ccc(-c2noc(CSc3nc(N)c(C#N)cc3C#N)n2)c(OC)c1. The second-order valence-electron chi connectivity index (χ2n) is 5.36. The second-order valence-corrected chi connectivity index (χ2v) is 6.33. The Balaban J connectivity index is 1.81. The zero-order chi connectivity index (χ0) is 20.1. The monoisotopic (exact) mass is 394 g/mol. The molecule has 0 fully saturated rings. The van der Waals surface area contributed by atoms with E-state index in [1.54, 1.807) is 32.4 Å². The van der Waals surface area contributed by atoms with Crippen LogP contribution in [0.5, 0.6) is 11.5 Å². The van der Waals surface area contributed by atoms with Gasteiger partial charge in [-0.15, -0.1) is 0 Å². The average molecular weight is 394 g/mol. The van der Waals surface area contributed by atoms with Crippen LogP contribution in [0.1, 0.15) is 17.0 Å². The molecular weight excluding hydrogens is 380 g/mol. The number of pyridine rings is 1. The third kappa shape index (κ3) is 3.82. The van der Waals surface area contributed by atoms with Crippen LogP contribution in [-0.2, 0) is 5.75 Å². The highest BCUT2D eigenvalue weighted by atomic mass is 32.2. The van der Waals surface area contributed by atoms with Crippen molar-refractivity contribution >= 4 is 17.6 Å². The summed E-state index contributed by atoms with van der Waals surface area (Å²) in [7, 11) is 3.11. The number of aromatic nitrogens is 3. The number of hydrogen-bond donors (Lipinski definition) is 1. The van der Waals surface area contributed by atoms with Gasteiger partial charge in [-0.1, -0.05) is 16.9 Å². The van der Waals surface area contributed by atoms with E-state index in [0.29, 0.717) is 33.8 Å². The first-order chi connectivity index (χ1) is 13.6. The molecule has 140 valence electrons. The fourth-order valence-corrected chi connectivity index (χ4v) is 3.13. The van der Waals surface area contributed by atoms with Crippen LogP contribution in [0.15, 0.2) is 33.8 Å². The third-order valence-electron chi connectivity index (χ3n) is 3.71. The second kappa shape index (κ2) is 8.29. The van der Waals surface area contributed by atoms with E-state index < -0.39 is 0 Å². The summed E-state index contributed by atoms with van der Waals surface area (Å²) in [6.07, 6.45) is 0. The number of nitrogens with zero attached hydrogens (tertiary/aromatic N) is 5. The van der Waals surface area contributed by atoms with Crippen molar-refractivity contribution in [3.63, 3.8) is 0 Å². The summed E-state index contributed by atoms with van der Waals surface area (Å²) in [5.41, 5.74) is 6.80. The fourth-order valence-electron chi connectivity index (χ4n) is 2.33. The molecule has 2 aromatic heterocycles. The molecule has 2 heterocycles. The third-order valence-corrected chi connectivity index (χ3v) is 4.68. The maximum Gasteiger partial charge on any atom is 0.237 e. The van der Waals surface area contributed by atoms with Gasteiger partial charge in [0, 0.05) is 6.07 Å². The summed E-state index contributed by atoms with van der Waals surface area (Å²) in [5.74, 6) is 2.24. The molecule has 0 saturated heterocycles. The van der Waals surface area contributed by atoms with E-state index in [4.69, 9.17) is 25.0 Å². The van der Waals surface area contributed by atoms with E-state index in [-0.39, 0.29) is 22.7 Å². The zero-order valence-corrected chi connectivity index (χ0v) is 15.8. The zero-order valence-electron chi connectivity index (χ0n) is 15.0. The Bertz CT molecular complexity index is 1100. The van der Waals surface area contributed by atoms with Gasteiger partial charge >= 0.3 is 0 Å². The molecule has 0 unspecified atom stereocenters. The molecule has 0 spiro atoms. The molecule has 0 aliphatic heterocycles. The normalized spacial score (nSPS) is 10.1. The number of methoxy groups -OCH3 is 2. The molecular formula is C18H14N6O3S. The minimum Gasteiger partial charge on any atom is -0.497 e. The molecule has 0 atom stereocenters. The van der Waals surface area contributed by atoms with Crippen molar-refractivity contribution < 1.29 is 14.0 Å². The maximum atomic E-state index is 9.25. The van der Waals surface area contributed by atoms with Crippen LogP contribution in [0.3, 0.4) is 0 Å². The summed E-state index contributed by atoms with van der Waals surface area (Å²) < 4.78 is 15.8. The lowest BCUT2D eigenvalue weighted by atomic mass is 10.2. The van der Waals surface area contributed by atoms with Gasteiger partial charge in [0.15, 0.2) is 0 Å². The molecule has 10 heteroatoms. The van der Waals surface area contributed by atoms with Crippen molar-refractivity contribution in [2.24, 2.45) is 0 Å². The number of ether oxygens (including phenoxy) is 2. The van der Waals surface area contributed by atoms with Gasteiger partial charge in [-0.3, -0.25) is 0 Å². The lowest BCUT2D eigenvalue weighted by Crippen LogP contribution is -1.99. The molecule has 9 nitrogen and oxygen atoms in total. The van der Waals surface area contributed by atoms with E-state index in [0.717, 1.165) is 0 Å². The van der Waals surface area contributed by atoms with Gasteiger partial charge in [0.25, 0.3) is 0 Å². The number of benzene rings is 1. The van der Waals surface area contributed by atoms with Crippen molar-refractivity contribution in [1.29, 1.82) is 10.5 Å². The van der Waals surface area contributed by atoms with Crippen LogP contribution in [0, 0.1) is 22.7 Å². The lowest BCUT2D eigenvalue weighted by Gasteiger charge is -2.07. The number of thioether (sulfide) groups is 1. The van der Waals surface area contributed by atoms with Gasteiger partial charge in [-0.25, -0.2) is 4.98 Å². The summed E-state index contributed by atoms with van der Waals surface area (Å²) in [6, 6.07) is 10.6. The Morgan fingerprint density at radius 2 is 1.89 bits per heavy atom. The highest BCUT2D eigenvalue weighted by Gasteiger charge is 2.16. The lowest BCUT2D eigenvalue weighted by molar-refractivity contribution is 0.388. The Morgan fingerprint density at radius 3 is 2.57 bits per heavy atom. The predicted molar refractivity (Wildman–Crippen MR) is 100 cm³/mol. The predicted octanol–water partition coefficient (Wildman–Crippen LogP) is 2.77. The van der Waals surface area contributed by atoms with Gasteiger partial charge in [0.1, 0.15) is 34.5 Å². The van der Waals surface area contributed by atoms with Gasteiger partial charge in [-0.2, -0.15) is 15.5 Å². The van der Waals surface area contributed by atoms with Crippen LogP contribution in [0.4, 0.5) is 5.82 Å². The summed E-state index contributed by atoms with van der Waals surface area (Å²) in [6.45, 7) is 0. The van der Waals surface area contributed by atoms with Crippen LogP contribution < -0.4 is 15.2 Å². The van der Waals surface area contributed by atoms with Crippen molar-refractivity contribution in [1.82, 2.24) is 15.1 Å². The summed E-state index contributed by atoms with van der Waals surface area (Å²) in [5, 5.41) is 22.6. The number of rotatable bonds is 6.